The number of aryl methyl sites for hydroxylation is 1. The minimum Gasteiger partial charge on any atom is -0.396 e. The van der Waals surface area contributed by atoms with Crippen LogP contribution in [-0.4, -0.2) is 42.3 Å². The Morgan fingerprint density at radius 3 is 2.83 bits per heavy atom. The van der Waals surface area contributed by atoms with Crippen molar-refractivity contribution in [3.05, 3.63) is 35.4 Å². The Labute approximate surface area is 110 Å². The summed E-state index contributed by atoms with van der Waals surface area (Å²) >= 11 is 0. The minimum atomic E-state index is 0.275. The molecule has 0 spiro atoms. The second kappa shape index (κ2) is 6.88. The molecule has 100 valence electrons. The molecule has 18 heavy (non-hydrogen) atoms. The van der Waals surface area contributed by atoms with Crippen molar-refractivity contribution in [1.82, 2.24) is 10.2 Å². The van der Waals surface area contributed by atoms with Gasteiger partial charge < -0.3 is 10.4 Å². The molecule has 0 bridgehead atoms. The third kappa shape index (κ3) is 3.80. The fraction of sp³-hybridized carbons (Fsp3) is 0.600. The molecule has 0 aliphatic carbocycles. The third-order valence-electron chi connectivity index (χ3n) is 3.66. The van der Waals surface area contributed by atoms with Gasteiger partial charge in [-0.15, -0.1) is 0 Å². The Bertz CT molecular complexity index is 350. The lowest BCUT2D eigenvalue weighted by Crippen LogP contribution is -2.39. The van der Waals surface area contributed by atoms with Crippen LogP contribution in [0.1, 0.15) is 24.0 Å². The summed E-state index contributed by atoms with van der Waals surface area (Å²) in [5.74, 6) is 0. The van der Waals surface area contributed by atoms with E-state index in [0.717, 1.165) is 32.6 Å². The highest BCUT2D eigenvalue weighted by Crippen LogP contribution is 2.13. The number of aliphatic hydroxyl groups excluding tert-OH is 1. The lowest BCUT2D eigenvalue weighted by Gasteiger charge is -2.29. The van der Waals surface area contributed by atoms with Gasteiger partial charge in [-0.3, -0.25) is 4.90 Å². The molecule has 3 nitrogen and oxygen atoms in total. The molecule has 3 heteroatoms. The van der Waals surface area contributed by atoms with Crippen molar-refractivity contribution in [2.24, 2.45) is 0 Å². The summed E-state index contributed by atoms with van der Waals surface area (Å²) in [5, 5.41) is 12.6. The van der Waals surface area contributed by atoms with Gasteiger partial charge in [-0.2, -0.15) is 0 Å². The quantitative estimate of drug-likeness (QED) is 0.848. The Morgan fingerprint density at radius 2 is 2.11 bits per heavy atom. The van der Waals surface area contributed by atoms with Gasteiger partial charge in [-0.25, -0.2) is 0 Å². The molecule has 1 heterocycles. The molecule has 1 unspecified atom stereocenters. The standard InChI is InChI=1S/C15H24N2O/c1-13-3-5-14(6-4-13)12-17-9-2-8-16-11-15(17)7-10-18/h3-6,15-16,18H,2,7-12H2,1H3. The van der Waals surface area contributed by atoms with Gasteiger partial charge in [0.25, 0.3) is 0 Å². The van der Waals surface area contributed by atoms with Crippen LogP contribution in [0.2, 0.25) is 0 Å². The molecule has 1 aromatic carbocycles. The zero-order valence-electron chi connectivity index (χ0n) is 11.2. The van der Waals surface area contributed by atoms with E-state index in [0.29, 0.717) is 6.04 Å². The summed E-state index contributed by atoms with van der Waals surface area (Å²) < 4.78 is 0. The van der Waals surface area contributed by atoms with Gasteiger partial charge in [0.05, 0.1) is 0 Å². The van der Waals surface area contributed by atoms with Gasteiger partial charge >= 0.3 is 0 Å². The van der Waals surface area contributed by atoms with E-state index in [9.17, 15) is 5.11 Å². The first kappa shape index (κ1) is 13.5. The summed E-state index contributed by atoms with van der Waals surface area (Å²) in [6.45, 7) is 6.59. The number of hydrogen-bond acceptors (Lipinski definition) is 3. The first-order valence-corrected chi connectivity index (χ1v) is 6.91. The van der Waals surface area contributed by atoms with Crippen molar-refractivity contribution in [3.8, 4) is 0 Å². The third-order valence-corrected chi connectivity index (χ3v) is 3.66. The lowest BCUT2D eigenvalue weighted by molar-refractivity contribution is 0.159. The molecule has 0 saturated carbocycles. The van der Waals surface area contributed by atoms with Crippen molar-refractivity contribution in [2.75, 3.05) is 26.2 Å². The monoisotopic (exact) mass is 248 g/mol. The SMILES string of the molecule is Cc1ccc(CN2CCCNCC2CCO)cc1. The molecule has 1 aliphatic heterocycles. The second-order valence-corrected chi connectivity index (χ2v) is 5.18. The van der Waals surface area contributed by atoms with Crippen LogP contribution in [0.15, 0.2) is 24.3 Å². The van der Waals surface area contributed by atoms with Crippen LogP contribution >= 0.6 is 0 Å². The maximum atomic E-state index is 9.18. The van der Waals surface area contributed by atoms with Gasteiger partial charge in [-0.1, -0.05) is 29.8 Å². The molecule has 0 aromatic heterocycles. The maximum absolute atomic E-state index is 9.18. The predicted octanol–water partition coefficient (Wildman–Crippen LogP) is 1.54. The Kier molecular flexibility index (Phi) is 5.17. The highest BCUT2D eigenvalue weighted by molar-refractivity contribution is 5.21. The summed E-state index contributed by atoms with van der Waals surface area (Å²) in [6, 6.07) is 9.23. The van der Waals surface area contributed by atoms with E-state index in [1.807, 2.05) is 0 Å². The number of nitrogens with one attached hydrogen (secondary N) is 1. The van der Waals surface area contributed by atoms with E-state index >= 15 is 0 Å². The average molecular weight is 248 g/mol. The van der Waals surface area contributed by atoms with Crippen molar-refractivity contribution in [2.45, 2.75) is 32.4 Å². The number of nitrogens with zero attached hydrogens (tertiary/aromatic N) is 1. The predicted molar refractivity (Wildman–Crippen MR) is 74.6 cm³/mol. The summed E-state index contributed by atoms with van der Waals surface area (Å²) in [4.78, 5) is 2.50. The number of hydrogen-bond donors (Lipinski definition) is 2. The topological polar surface area (TPSA) is 35.5 Å². The van der Waals surface area contributed by atoms with Crippen LogP contribution in [-0.2, 0) is 6.54 Å². The molecule has 1 saturated heterocycles. The van der Waals surface area contributed by atoms with E-state index in [1.54, 1.807) is 0 Å². The summed E-state index contributed by atoms with van der Waals surface area (Å²) in [7, 11) is 0. The molecule has 0 radical (unpaired) electrons. The smallest absolute Gasteiger partial charge is 0.0446 e. The molecular formula is C15H24N2O. The summed E-state index contributed by atoms with van der Waals surface area (Å²) in [5.41, 5.74) is 2.67. The van der Waals surface area contributed by atoms with Crippen molar-refractivity contribution < 1.29 is 5.11 Å². The highest BCUT2D eigenvalue weighted by atomic mass is 16.3. The van der Waals surface area contributed by atoms with E-state index in [4.69, 9.17) is 0 Å². The molecule has 1 aromatic rings. The molecule has 2 rings (SSSR count). The number of rotatable bonds is 4. The minimum absolute atomic E-state index is 0.275. The van der Waals surface area contributed by atoms with Crippen molar-refractivity contribution in [1.29, 1.82) is 0 Å². The van der Waals surface area contributed by atoms with Crippen LogP contribution in [0.25, 0.3) is 0 Å². The Morgan fingerprint density at radius 1 is 1.33 bits per heavy atom. The van der Waals surface area contributed by atoms with Gasteiger partial charge in [0.1, 0.15) is 0 Å². The van der Waals surface area contributed by atoms with E-state index in [1.165, 1.54) is 17.5 Å². The van der Waals surface area contributed by atoms with Crippen LogP contribution in [0, 0.1) is 6.92 Å². The maximum Gasteiger partial charge on any atom is 0.0446 e. The summed E-state index contributed by atoms with van der Waals surface area (Å²) in [6.07, 6.45) is 2.05. The Hall–Kier alpha value is -0.900. The molecule has 0 amide bonds. The van der Waals surface area contributed by atoms with Crippen molar-refractivity contribution >= 4 is 0 Å². The van der Waals surface area contributed by atoms with Crippen LogP contribution in [0.4, 0.5) is 0 Å². The zero-order chi connectivity index (χ0) is 12.8. The molecule has 1 fully saturated rings. The number of benzene rings is 1. The molecular weight excluding hydrogens is 224 g/mol. The van der Waals surface area contributed by atoms with Crippen molar-refractivity contribution in [3.63, 3.8) is 0 Å². The zero-order valence-corrected chi connectivity index (χ0v) is 11.2. The fourth-order valence-electron chi connectivity index (χ4n) is 2.56. The molecule has 2 N–H and O–H groups in total. The van der Waals surface area contributed by atoms with Gasteiger partial charge in [-0.05, 0) is 31.9 Å². The lowest BCUT2D eigenvalue weighted by atomic mass is 10.1. The van der Waals surface area contributed by atoms with E-state index in [2.05, 4.69) is 41.4 Å². The largest absolute Gasteiger partial charge is 0.396 e. The second-order valence-electron chi connectivity index (χ2n) is 5.18. The van der Waals surface area contributed by atoms with Crippen LogP contribution < -0.4 is 5.32 Å². The van der Waals surface area contributed by atoms with Gasteiger partial charge in [0, 0.05) is 32.3 Å². The van der Waals surface area contributed by atoms with Gasteiger partial charge in [0.15, 0.2) is 0 Å². The van der Waals surface area contributed by atoms with Gasteiger partial charge in [0.2, 0.25) is 0 Å². The fourth-order valence-corrected chi connectivity index (χ4v) is 2.56. The Balaban J connectivity index is 2.01. The van der Waals surface area contributed by atoms with E-state index in [-0.39, 0.29) is 6.61 Å². The average Bonchev–Trinajstić information content (AvgIpc) is 2.59. The normalized spacial score (nSPS) is 21.8. The first-order chi connectivity index (χ1) is 8.79. The van der Waals surface area contributed by atoms with Crippen LogP contribution in [0.3, 0.4) is 0 Å². The molecule has 1 aliphatic rings. The first-order valence-electron chi connectivity index (χ1n) is 6.91. The van der Waals surface area contributed by atoms with Crippen LogP contribution in [0.5, 0.6) is 0 Å². The van der Waals surface area contributed by atoms with E-state index < -0.39 is 0 Å². The highest BCUT2D eigenvalue weighted by Gasteiger charge is 2.20. The molecule has 1 atom stereocenters. The number of aliphatic hydroxyl groups is 1.